The summed E-state index contributed by atoms with van der Waals surface area (Å²) in [6.07, 6.45) is 0.436. The summed E-state index contributed by atoms with van der Waals surface area (Å²) in [6, 6.07) is -1.85. The monoisotopic (exact) mass is 585 g/mol. The van der Waals surface area contributed by atoms with E-state index in [1.54, 1.807) is 0 Å². The minimum Gasteiger partial charge on any atom is -0.388 e. The number of carbonyl (C=O) groups excluding carboxylic acids is 3. The standard InChI is InChI=1S/C27H43N3O9S/c1-14(2)9-15-7-8-37-23-16(10-15)12-30(27(36)38-13-31)19(23)25(35)29-18-6-4-3-5-17(11-28)40-26-22(34)20(32)21(33)24(18)39-26/h3-4,13-24,26,32-34H,5-12,28H2,1-2H3,(H,29,35)/b4-3-/t15-,16-,17+,18+,19-,20-,21+,22+,23+,24+,26+/m0/s1. The fourth-order valence-electron chi connectivity index (χ4n) is 6.48. The van der Waals surface area contributed by atoms with Crippen LogP contribution in [0.4, 0.5) is 4.79 Å². The highest BCUT2D eigenvalue weighted by molar-refractivity contribution is 8.00. The number of likely N-dealkylation sites (tertiary alicyclic amines) is 1. The molecule has 4 rings (SSSR count). The number of nitrogens with two attached hydrogens (primary N) is 1. The summed E-state index contributed by atoms with van der Waals surface area (Å²) < 4.78 is 16.9. The van der Waals surface area contributed by atoms with Crippen molar-refractivity contribution in [1.29, 1.82) is 0 Å². The Bertz CT molecular complexity index is 924. The lowest BCUT2D eigenvalue weighted by molar-refractivity contribution is -0.205. The van der Waals surface area contributed by atoms with E-state index in [0.29, 0.717) is 31.4 Å². The molecule has 3 saturated heterocycles. The predicted octanol–water partition coefficient (Wildman–Crippen LogP) is 0.124. The highest BCUT2D eigenvalue weighted by atomic mass is 32.2. The van der Waals surface area contributed by atoms with E-state index in [0.717, 1.165) is 19.3 Å². The molecule has 12 nitrogen and oxygen atoms in total. The van der Waals surface area contributed by atoms with Gasteiger partial charge in [0.1, 0.15) is 35.9 Å². The molecule has 0 aromatic rings. The van der Waals surface area contributed by atoms with Gasteiger partial charge in [0, 0.05) is 30.9 Å². The van der Waals surface area contributed by atoms with E-state index in [2.05, 4.69) is 23.9 Å². The first-order valence-electron chi connectivity index (χ1n) is 14.2. The van der Waals surface area contributed by atoms with Crippen LogP contribution in [0.1, 0.15) is 46.0 Å². The van der Waals surface area contributed by atoms with Crippen LogP contribution in [0.5, 0.6) is 0 Å². The van der Waals surface area contributed by atoms with E-state index in [1.165, 1.54) is 16.7 Å². The largest absolute Gasteiger partial charge is 0.418 e. The van der Waals surface area contributed by atoms with Crippen molar-refractivity contribution in [3.63, 3.8) is 0 Å². The van der Waals surface area contributed by atoms with Crippen LogP contribution >= 0.6 is 11.8 Å². The molecule has 0 spiro atoms. The zero-order valence-electron chi connectivity index (χ0n) is 23.0. The molecule has 4 aliphatic heterocycles. The third-order valence-electron chi connectivity index (χ3n) is 8.35. The molecule has 11 atom stereocenters. The van der Waals surface area contributed by atoms with Gasteiger partial charge in [0.25, 0.3) is 0 Å². The first kappa shape index (κ1) is 31.2. The van der Waals surface area contributed by atoms with Gasteiger partial charge in [0.15, 0.2) is 0 Å². The summed E-state index contributed by atoms with van der Waals surface area (Å²) in [4.78, 5) is 38.9. The fraction of sp³-hybridized carbons (Fsp3) is 0.815. The number of fused-ring (bicyclic) bond motifs is 3. The van der Waals surface area contributed by atoms with Gasteiger partial charge < -0.3 is 40.6 Å². The molecule has 0 saturated carbocycles. The molecule has 40 heavy (non-hydrogen) atoms. The van der Waals surface area contributed by atoms with Crippen molar-refractivity contribution in [1.82, 2.24) is 10.2 Å². The lowest BCUT2D eigenvalue weighted by Crippen LogP contribution is -2.64. The van der Waals surface area contributed by atoms with Crippen LogP contribution in [0.3, 0.4) is 0 Å². The number of thioether (sulfide) groups is 1. The van der Waals surface area contributed by atoms with E-state index in [1.807, 2.05) is 12.2 Å². The lowest BCUT2D eigenvalue weighted by atomic mass is 9.85. The summed E-state index contributed by atoms with van der Waals surface area (Å²) in [5, 5.41) is 34.9. The van der Waals surface area contributed by atoms with Crippen molar-refractivity contribution in [2.45, 2.75) is 99.2 Å². The lowest BCUT2D eigenvalue weighted by Gasteiger charge is -2.44. The van der Waals surface area contributed by atoms with E-state index in [9.17, 15) is 29.7 Å². The zero-order valence-corrected chi connectivity index (χ0v) is 23.9. The van der Waals surface area contributed by atoms with Gasteiger partial charge in [-0.2, -0.15) is 0 Å². The summed E-state index contributed by atoms with van der Waals surface area (Å²) in [6.45, 7) is 5.35. The van der Waals surface area contributed by atoms with Crippen molar-refractivity contribution in [3.05, 3.63) is 12.2 Å². The van der Waals surface area contributed by atoms with Crippen molar-refractivity contribution in [3.8, 4) is 0 Å². The number of amides is 2. The molecular formula is C27H43N3O9S. The number of hydrogen-bond acceptors (Lipinski definition) is 11. The average Bonchev–Trinajstić information content (AvgIpc) is 3.16. The highest BCUT2D eigenvalue weighted by Gasteiger charge is 2.52. The number of aliphatic hydroxyl groups is 3. The zero-order chi connectivity index (χ0) is 29.0. The van der Waals surface area contributed by atoms with Crippen LogP contribution in [0.25, 0.3) is 0 Å². The Morgan fingerprint density at radius 3 is 2.62 bits per heavy atom. The highest BCUT2D eigenvalue weighted by Crippen LogP contribution is 2.38. The van der Waals surface area contributed by atoms with E-state index >= 15 is 0 Å². The molecule has 13 heteroatoms. The van der Waals surface area contributed by atoms with Gasteiger partial charge in [0.05, 0.1) is 12.1 Å². The molecule has 0 aromatic carbocycles. The second kappa shape index (κ2) is 14.0. The first-order valence-corrected chi connectivity index (χ1v) is 15.1. The van der Waals surface area contributed by atoms with E-state index in [-0.39, 0.29) is 30.6 Å². The normalized spacial score (nSPS) is 41.0. The molecule has 4 heterocycles. The minimum atomic E-state index is -1.49. The number of hydrogen-bond donors (Lipinski definition) is 5. The number of aliphatic hydroxyl groups excluding tert-OH is 3. The Hall–Kier alpha value is -1.74. The fourth-order valence-corrected chi connectivity index (χ4v) is 7.70. The quantitative estimate of drug-likeness (QED) is 0.162. The van der Waals surface area contributed by atoms with E-state index < -0.39 is 60.0 Å². The molecule has 0 aromatic heterocycles. The maximum Gasteiger partial charge on any atom is 0.418 e. The van der Waals surface area contributed by atoms with Crippen LogP contribution in [-0.2, 0) is 23.8 Å². The molecule has 2 bridgehead atoms. The van der Waals surface area contributed by atoms with Crippen LogP contribution in [-0.4, -0.2) is 112 Å². The van der Waals surface area contributed by atoms with Gasteiger partial charge in [-0.25, -0.2) is 4.79 Å². The number of allylic oxidation sites excluding steroid dienone is 1. The van der Waals surface area contributed by atoms with Gasteiger partial charge in [-0.15, -0.1) is 11.8 Å². The third-order valence-corrected chi connectivity index (χ3v) is 9.78. The molecule has 0 aliphatic carbocycles. The number of carbonyl (C=O) groups is 3. The summed E-state index contributed by atoms with van der Waals surface area (Å²) >= 11 is 1.28. The Labute approximate surface area is 238 Å². The summed E-state index contributed by atoms with van der Waals surface area (Å²) in [5.74, 6) is 0.229. The Balaban J connectivity index is 1.58. The molecule has 226 valence electrons. The average molecular weight is 586 g/mol. The summed E-state index contributed by atoms with van der Waals surface area (Å²) in [5.41, 5.74) is 5.01. The maximum atomic E-state index is 13.9. The van der Waals surface area contributed by atoms with Gasteiger partial charge in [0.2, 0.25) is 5.91 Å². The molecule has 0 unspecified atom stereocenters. The van der Waals surface area contributed by atoms with Gasteiger partial charge >= 0.3 is 12.6 Å². The number of nitrogens with zero attached hydrogens (tertiary/aromatic N) is 1. The van der Waals surface area contributed by atoms with Crippen molar-refractivity contribution in [2.75, 3.05) is 19.7 Å². The number of rotatable bonds is 6. The van der Waals surface area contributed by atoms with Crippen molar-refractivity contribution < 1.29 is 43.9 Å². The Morgan fingerprint density at radius 2 is 1.93 bits per heavy atom. The maximum absolute atomic E-state index is 13.9. The predicted molar refractivity (Wildman–Crippen MR) is 146 cm³/mol. The Kier molecular flexibility index (Phi) is 10.9. The molecule has 6 N–H and O–H groups in total. The van der Waals surface area contributed by atoms with E-state index in [4.69, 9.17) is 15.2 Å². The number of nitrogens with one attached hydrogen (secondary N) is 1. The van der Waals surface area contributed by atoms with Gasteiger partial charge in [-0.05, 0) is 43.9 Å². The van der Waals surface area contributed by atoms with Gasteiger partial charge in [-0.1, -0.05) is 26.0 Å². The second-order valence-electron chi connectivity index (χ2n) is 11.7. The Morgan fingerprint density at radius 1 is 1.18 bits per heavy atom. The van der Waals surface area contributed by atoms with Crippen LogP contribution in [0, 0.1) is 17.8 Å². The topological polar surface area (TPSA) is 181 Å². The third kappa shape index (κ3) is 7.00. The smallest absolute Gasteiger partial charge is 0.388 e. The van der Waals surface area contributed by atoms with Crippen molar-refractivity contribution >= 4 is 30.2 Å². The SMILES string of the molecule is CC(C)C[C@@H]1CCO[C@@H]2[C@@H](C1)CN(C(=O)OC=O)[C@@H]2C(=O)N[C@@H]1C/C=C\C[C@H](CN)S[C@H]2O[C@H]1[C@H](O)[C@H](O)[C@H]2O. The van der Waals surface area contributed by atoms with Gasteiger partial charge in [-0.3, -0.25) is 14.5 Å². The second-order valence-corrected chi connectivity index (χ2v) is 13.1. The van der Waals surface area contributed by atoms with Crippen LogP contribution < -0.4 is 11.1 Å². The minimum absolute atomic E-state index is 0.0470. The number of ether oxygens (including phenoxy) is 3. The molecule has 2 amide bonds. The first-order chi connectivity index (χ1) is 19.1. The molecular weight excluding hydrogens is 542 g/mol. The summed E-state index contributed by atoms with van der Waals surface area (Å²) in [7, 11) is 0. The van der Waals surface area contributed by atoms with Crippen molar-refractivity contribution in [2.24, 2.45) is 23.5 Å². The molecule has 4 aliphatic rings. The molecule has 0 radical (unpaired) electrons. The van der Waals surface area contributed by atoms with Crippen LogP contribution in [0.2, 0.25) is 0 Å². The molecule has 3 fully saturated rings. The van der Waals surface area contributed by atoms with Crippen LogP contribution in [0.15, 0.2) is 12.2 Å².